The van der Waals surface area contributed by atoms with E-state index in [9.17, 15) is 13.6 Å². The molecule has 0 radical (unpaired) electrons. The van der Waals surface area contributed by atoms with Gasteiger partial charge in [-0.2, -0.15) is 18.7 Å². The van der Waals surface area contributed by atoms with E-state index in [2.05, 4.69) is 20.6 Å². The average molecular weight is 299 g/mol. The molecule has 5 nitrogen and oxygen atoms in total. The molecule has 0 aliphatic carbocycles. The normalized spacial score (nSPS) is 10.2. The van der Waals surface area contributed by atoms with Gasteiger partial charge in [-0.1, -0.05) is 17.7 Å². The molecule has 2 aromatic rings. The molecule has 0 saturated carbocycles. The number of nitrogens with zero attached hydrogens (tertiary/aromatic N) is 2. The SMILES string of the molecule is CC(=O)Nc1cccc(Nc2nc(F)nc(F)c2Cl)c1. The van der Waals surface area contributed by atoms with E-state index in [4.69, 9.17) is 11.6 Å². The number of nitrogens with one attached hydrogen (secondary N) is 2. The summed E-state index contributed by atoms with van der Waals surface area (Å²) in [6, 6.07) is 6.50. The Kier molecular flexibility index (Phi) is 4.09. The van der Waals surface area contributed by atoms with Crippen molar-refractivity contribution in [3.63, 3.8) is 0 Å². The van der Waals surface area contributed by atoms with Gasteiger partial charge in [-0.15, -0.1) is 0 Å². The number of carbonyl (C=O) groups excluding carboxylic acids is 1. The zero-order valence-corrected chi connectivity index (χ0v) is 11.0. The molecule has 104 valence electrons. The van der Waals surface area contributed by atoms with E-state index in [1.807, 2.05) is 0 Å². The quantitative estimate of drug-likeness (QED) is 0.675. The van der Waals surface area contributed by atoms with Crippen molar-refractivity contribution in [3.8, 4) is 0 Å². The minimum absolute atomic E-state index is 0.198. The van der Waals surface area contributed by atoms with Crippen LogP contribution in [-0.2, 0) is 4.79 Å². The highest BCUT2D eigenvalue weighted by Gasteiger charge is 2.12. The van der Waals surface area contributed by atoms with Crippen molar-refractivity contribution in [1.82, 2.24) is 9.97 Å². The van der Waals surface area contributed by atoms with E-state index in [-0.39, 0.29) is 11.7 Å². The van der Waals surface area contributed by atoms with Crippen LogP contribution in [0.25, 0.3) is 0 Å². The van der Waals surface area contributed by atoms with Gasteiger partial charge in [0, 0.05) is 18.3 Å². The molecule has 0 saturated heterocycles. The molecule has 2 N–H and O–H groups in total. The highest BCUT2D eigenvalue weighted by atomic mass is 35.5. The first-order valence-corrected chi connectivity index (χ1v) is 5.86. The predicted molar refractivity (Wildman–Crippen MR) is 71.0 cm³/mol. The number of rotatable bonds is 3. The summed E-state index contributed by atoms with van der Waals surface area (Å²) in [6.07, 6.45) is -1.23. The second-order valence-corrected chi connectivity index (χ2v) is 4.21. The maximum Gasteiger partial charge on any atom is 0.313 e. The molecule has 8 heteroatoms. The Morgan fingerprint density at radius 3 is 2.65 bits per heavy atom. The largest absolute Gasteiger partial charge is 0.339 e. The van der Waals surface area contributed by atoms with Crippen LogP contribution in [0.15, 0.2) is 24.3 Å². The summed E-state index contributed by atoms with van der Waals surface area (Å²) in [5, 5.41) is 4.81. The number of anilines is 3. The average Bonchev–Trinajstić information content (AvgIpc) is 2.35. The van der Waals surface area contributed by atoms with Crippen LogP contribution in [0.5, 0.6) is 0 Å². The molecule has 2 rings (SSSR count). The molecule has 0 spiro atoms. The minimum Gasteiger partial charge on any atom is -0.339 e. The summed E-state index contributed by atoms with van der Waals surface area (Å²) in [4.78, 5) is 17.2. The summed E-state index contributed by atoms with van der Waals surface area (Å²) in [7, 11) is 0. The fourth-order valence-corrected chi connectivity index (χ4v) is 1.62. The zero-order chi connectivity index (χ0) is 14.7. The van der Waals surface area contributed by atoms with Gasteiger partial charge >= 0.3 is 6.08 Å². The van der Waals surface area contributed by atoms with Gasteiger partial charge in [-0.25, -0.2) is 0 Å². The van der Waals surface area contributed by atoms with E-state index in [0.717, 1.165) is 0 Å². The Balaban J connectivity index is 2.28. The van der Waals surface area contributed by atoms with Crippen molar-refractivity contribution in [2.24, 2.45) is 0 Å². The number of halogens is 3. The monoisotopic (exact) mass is 298 g/mol. The summed E-state index contributed by atoms with van der Waals surface area (Å²) in [6.45, 7) is 1.37. The fourth-order valence-electron chi connectivity index (χ4n) is 1.49. The van der Waals surface area contributed by atoms with E-state index in [0.29, 0.717) is 11.4 Å². The number of carbonyl (C=O) groups is 1. The molecule has 1 heterocycles. The Morgan fingerprint density at radius 1 is 1.25 bits per heavy atom. The minimum atomic E-state index is -1.23. The van der Waals surface area contributed by atoms with Crippen molar-refractivity contribution >= 4 is 34.7 Å². The molecule has 0 atom stereocenters. The lowest BCUT2D eigenvalue weighted by Gasteiger charge is -2.09. The number of hydrogen-bond acceptors (Lipinski definition) is 4. The third kappa shape index (κ3) is 3.39. The lowest BCUT2D eigenvalue weighted by molar-refractivity contribution is -0.114. The molecule has 20 heavy (non-hydrogen) atoms. The highest BCUT2D eigenvalue weighted by Crippen LogP contribution is 2.26. The Bertz CT molecular complexity index is 666. The Labute approximate surface area is 118 Å². The second kappa shape index (κ2) is 5.79. The maximum absolute atomic E-state index is 13.2. The first kappa shape index (κ1) is 14.1. The van der Waals surface area contributed by atoms with Crippen molar-refractivity contribution in [2.45, 2.75) is 6.92 Å². The molecule has 0 aliphatic rings. The summed E-state index contributed by atoms with van der Waals surface area (Å²) >= 11 is 5.64. The van der Waals surface area contributed by atoms with Gasteiger partial charge in [0.05, 0.1) is 0 Å². The lowest BCUT2D eigenvalue weighted by atomic mass is 10.2. The van der Waals surface area contributed by atoms with Gasteiger partial charge in [0.1, 0.15) is 5.02 Å². The summed E-state index contributed by atoms with van der Waals surface area (Å²) in [5.41, 5.74) is 0.976. The van der Waals surface area contributed by atoms with Gasteiger partial charge in [-0.3, -0.25) is 4.79 Å². The second-order valence-electron chi connectivity index (χ2n) is 3.83. The topological polar surface area (TPSA) is 66.9 Å². The highest BCUT2D eigenvalue weighted by molar-refractivity contribution is 6.33. The molecular formula is C12H9ClF2N4O. The van der Waals surface area contributed by atoms with Crippen LogP contribution in [0.2, 0.25) is 5.02 Å². The van der Waals surface area contributed by atoms with Gasteiger partial charge in [0.25, 0.3) is 0 Å². The molecular weight excluding hydrogens is 290 g/mol. The molecule has 0 bridgehead atoms. The van der Waals surface area contributed by atoms with Crippen molar-refractivity contribution in [2.75, 3.05) is 10.6 Å². The summed E-state index contributed by atoms with van der Waals surface area (Å²) < 4.78 is 26.1. The van der Waals surface area contributed by atoms with E-state index < -0.39 is 17.0 Å². The van der Waals surface area contributed by atoms with Crippen LogP contribution in [0.4, 0.5) is 26.0 Å². The van der Waals surface area contributed by atoms with Crippen molar-refractivity contribution in [3.05, 3.63) is 41.3 Å². The Hall–Kier alpha value is -2.28. The molecule has 1 amide bonds. The van der Waals surface area contributed by atoms with E-state index in [1.165, 1.54) is 6.92 Å². The van der Waals surface area contributed by atoms with Crippen LogP contribution >= 0.6 is 11.6 Å². The predicted octanol–water partition coefficient (Wildman–Crippen LogP) is 3.11. The third-order valence-electron chi connectivity index (χ3n) is 2.23. The Morgan fingerprint density at radius 2 is 1.95 bits per heavy atom. The fraction of sp³-hybridized carbons (Fsp3) is 0.0833. The molecule has 0 aliphatic heterocycles. The van der Waals surface area contributed by atoms with Crippen LogP contribution in [0, 0.1) is 12.0 Å². The lowest BCUT2D eigenvalue weighted by Crippen LogP contribution is -2.06. The van der Waals surface area contributed by atoms with E-state index >= 15 is 0 Å². The van der Waals surface area contributed by atoms with Crippen molar-refractivity contribution in [1.29, 1.82) is 0 Å². The van der Waals surface area contributed by atoms with E-state index in [1.54, 1.807) is 24.3 Å². The van der Waals surface area contributed by atoms with Gasteiger partial charge in [-0.05, 0) is 18.2 Å². The van der Waals surface area contributed by atoms with Gasteiger partial charge in [0.15, 0.2) is 5.82 Å². The van der Waals surface area contributed by atoms with Crippen LogP contribution in [0.1, 0.15) is 6.92 Å². The zero-order valence-electron chi connectivity index (χ0n) is 10.2. The summed E-state index contributed by atoms with van der Waals surface area (Å²) in [5.74, 6) is -1.59. The standard InChI is InChI=1S/C12H9ClF2N4O/c1-6(20)16-7-3-2-4-8(5-7)17-11-9(13)10(14)18-12(15)19-11/h2-5H,1H3,(H,16,20)(H,17,18,19). The molecule has 1 aromatic heterocycles. The first-order chi connectivity index (χ1) is 9.45. The third-order valence-corrected chi connectivity index (χ3v) is 2.56. The maximum atomic E-state index is 13.2. The van der Waals surface area contributed by atoms with Crippen LogP contribution in [0.3, 0.4) is 0 Å². The number of aromatic nitrogens is 2. The number of benzene rings is 1. The van der Waals surface area contributed by atoms with Crippen LogP contribution in [-0.4, -0.2) is 15.9 Å². The van der Waals surface area contributed by atoms with Crippen molar-refractivity contribution < 1.29 is 13.6 Å². The van der Waals surface area contributed by atoms with Crippen LogP contribution < -0.4 is 10.6 Å². The molecule has 0 fully saturated rings. The van der Waals surface area contributed by atoms with Gasteiger partial charge < -0.3 is 10.6 Å². The van der Waals surface area contributed by atoms with Gasteiger partial charge in [0.2, 0.25) is 11.9 Å². The molecule has 1 aromatic carbocycles. The molecule has 0 unspecified atom stereocenters. The number of hydrogen-bond donors (Lipinski definition) is 2. The first-order valence-electron chi connectivity index (χ1n) is 5.49. The number of amides is 1. The smallest absolute Gasteiger partial charge is 0.313 e.